The molecule has 0 bridgehead atoms. The first-order valence-electron chi connectivity index (χ1n) is 6.05. The zero-order chi connectivity index (χ0) is 13.3. The number of rotatable bonds is 9. The Kier molecular flexibility index (Phi) is 8.12. The highest BCUT2D eigenvalue weighted by Gasteiger charge is 2.31. The predicted molar refractivity (Wildman–Crippen MR) is 67.8 cm³/mol. The van der Waals surface area contributed by atoms with E-state index in [4.69, 9.17) is 15.2 Å². The van der Waals surface area contributed by atoms with E-state index in [0.29, 0.717) is 32.7 Å². The largest absolute Gasteiger partial charge is 0.383 e. The summed E-state index contributed by atoms with van der Waals surface area (Å²) >= 11 is 0. The van der Waals surface area contributed by atoms with E-state index in [9.17, 15) is 4.79 Å². The number of hydrogen-bond acceptors (Lipinski definition) is 4. The normalized spacial score (nSPS) is 14.4. The summed E-state index contributed by atoms with van der Waals surface area (Å²) < 4.78 is 10.00. The zero-order valence-electron chi connectivity index (χ0n) is 11.5. The SMILES string of the molecule is CCCC(C)(N)C(=O)N(CCOC)CCOC. The lowest BCUT2D eigenvalue weighted by Crippen LogP contribution is -2.54. The molecule has 102 valence electrons. The van der Waals surface area contributed by atoms with Gasteiger partial charge in [-0.25, -0.2) is 0 Å². The van der Waals surface area contributed by atoms with E-state index in [2.05, 4.69) is 0 Å². The van der Waals surface area contributed by atoms with Crippen molar-refractivity contribution in [2.45, 2.75) is 32.2 Å². The second-order valence-electron chi connectivity index (χ2n) is 4.45. The summed E-state index contributed by atoms with van der Waals surface area (Å²) in [7, 11) is 3.24. The van der Waals surface area contributed by atoms with Crippen molar-refractivity contribution in [1.82, 2.24) is 4.90 Å². The molecule has 17 heavy (non-hydrogen) atoms. The van der Waals surface area contributed by atoms with Crippen molar-refractivity contribution in [1.29, 1.82) is 0 Å². The molecule has 0 saturated carbocycles. The van der Waals surface area contributed by atoms with Gasteiger partial charge in [-0.2, -0.15) is 0 Å². The van der Waals surface area contributed by atoms with Crippen LogP contribution >= 0.6 is 0 Å². The van der Waals surface area contributed by atoms with Crippen LogP contribution in [0.3, 0.4) is 0 Å². The maximum atomic E-state index is 12.3. The first kappa shape index (κ1) is 16.4. The molecule has 0 aliphatic heterocycles. The molecule has 5 nitrogen and oxygen atoms in total. The number of methoxy groups -OCH3 is 2. The lowest BCUT2D eigenvalue weighted by atomic mass is 9.95. The van der Waals surface area contributed by atoms with Gasteiger partial charge in [-0.05, 0) is 13.3 Å². The molecular weight excluding hydrogens is 220 g/mol. The Hall–Kier alpha value is -0.650. The summed E-state index contributed by atoms with van der Waals surface area (Å²) in [5.74, 6) is -0.0338. The number of ether oxygens (including phenoxy) is 2. The molecule has 5 heteroatoms. The molecule has 0 spiro atoms. The number of nitrogens with zero attached hydrogens (tertiary/aromatic N) is 1. The molecule has 0 aromatic carbocycles. The second kappa shape index (κ2) is 8.44. The lowest BCUT2D eigenvalue weighted by molar-refractivity contribution is -0.138. The van der Waals surface area contributed by atoms with Crippen molar-refractivity contribution < 1.29 is 14.3 Å². The van der Waals surface area contributed by atoms with Crippen LogP contribution in [0, 0.1) is 0 Å². The summed E-state index contributed by atoms with van der Waals surface area (Å²) in [5.41, 5.74) is 5.25. The van der Waals surface area contributed by atoms with Crippen LogP contribution < -0.4 is 5.73 Å². The Morgan fingerprint density at radius 1 is 1.24 bits per heavy atom. The van der Waals surface area contributed by atoms with Crippen LogP contribution in [-0.2, 0) is 14.3 Å². The van der Waals surface area contributed by atoms with Gasteiger partial charge in [-0.1, -0.05) is 13.3 Å². The van der Waals surface area contributed by atoms with E-state index < -0.39 is 5.54 Å². The van der Waals surface area contributed by atoms with E-state index >= 15 is 0 Å². The Balaban J connectivity index is 4.48. The smallest absolute Gasteiger partial charge is 0.242 e. The van der Waals surface area contributed by atoms with E-state index in [-0.39, 0.29) is 5.91 Å². The maximum Gasteiger partial charge on any atom is 0.242 e. The van der Waals surface area contributed by atoms with Crippen LogP contribution in [0.5, 0.6) is 0 Å². The summed E-state index contributed by atoms with van der Waals surface area (Å²) in [6.07, 6.45) is 1.57. The van der Waals surface area contributed by atoms with Gasteiger partial charge >= 0.3 is 0 Å². The molecule has 0 aliphatic rings. The molecule has 0 fully saturated rings. The number of carbonyl (C=O) groups is 1. The highest BCUT2D eigenvalue weighted by molar-refractivity contribution is 5.85. The molecule has 0 heterocycles. The van der Waals surface area contributed by atoms with Gasteiger partial charge in [0.2, 0.25) is 5.91 Å². The minimum Gasteiger partial charge on any atom is -0.383 e. The Labute approximate surface area is 104 Å². The summed E-state index contributed by atoms with van der Waals surface area (Å²) in [5, 5.41) is 0. The average Bonchev–Trinajstić information content (AvgIpc) is 2.28. The second-order valence-corrected chi connectivity index (χ2v) is 4.45. The fourth-order valence-electron chi connectivity index (χ4n) is 1.71. The molecule has 0 aromatic rings. The van der Waals surface area contributed by atoms with Crippen molar-refractivity contribution in [3.05, 3.63) is 0 Å². The van der Waals surface area contributed by atoms with Crippen molar-refractivity contribution in [3.63, 3.8) is 0 Å². The first-order valence-corrected chi connectivity index (χ1v) is 6.05. The highest BCUT2D eigenvalue weighted by atomic mass is 16.5. The molecule has 0 aliphatic carbocycles. The zero-order valence-corrected chi connectivity index (χ0v) is 11.5. The molecule has 2 N–H and O–H groups in total. The maximum absolute atomic E-state index is 12.3. The third-order valence-corrected chi connectivity index (χ3v) is 2.68. The topological polar surface area (TPSA) is 64.8 Å². The van der Waals surface area contributed by atoms with E-state index in [0.717, 1.165) is 6.42 Å². The number of amides is 1. The molecule has 1 atom stereocenters. The van der Waals surface area contributed by atoms with Gasteiger partial charge in [0, 0.05) is 27.3 Å². The third kappa shape index (κ3) is 6.00. The van der Waals surface area contributed by atoms with Gasteiger partial charge in [0.15, 0.2) is 0 Å². The fraction of sp³-hybridized carbons (Fsp3) is 0.917. The monoisotopic (exact) mass is 246 g/mol. The van der Waals surface area contributed by atoms with Crippen molar-refractivity contribution in [2.75, 3.05) is 40.5 Å². The van der Waals surface area contributed by atoms with E-state index in [1.165, 1.54) is 0 Å². The Morgan fingerprint density at radius 2 is 1.71 bits per heavy atom. The van der Waals surface area contributed by atoms with E-state index in [1.807, 2.05) is 6.92 Å². The van der Waals surface area contributed by atoms with Crippen LogP contribution in [0.4, 0.5) is 0 Å². The number of hydrogen-bond donors (Lipinski definition) is 1. The van der Waals surface area contributed by atoms with Gasteiger partial charge in [-0.15, -0.1) is 0 Å². The first-order chi connectivity index (χ1) is 7.99. The molecule has 0 rings (SSSR count). The Bertz CT molecular complexity index is 212. The quantitative estimate of drug-likeness (QED) is 0.648. The summed E-state index contributed by atoms with van der Waals surface area (Å²) in [6.45, 7) is 5.93. The van der Waals surface area contributed by atoms with E-state index in [1.54, 1.807) is 26.0 Å². The van der Waals surface area contributed by atoms with Gasteiger partial charge in [0.25, 0.3) is 0 Å². The highest BCUT2D eigenvalue weighted by Crippen LogP contribution is 2.12. The lowest BCUT2D eigenvalue weighted by Gasteiger charge is -2.31. The minimum atomic E-state index is -0.795. The van der Waals surface area contributed by atoms with Crippen molar-refractivity contribution in [2.24, 2.45) is 5.73 Å². The molecular formula is C12H26N2O3. The van der Waals surface area contributed by atoms with Crippen molar-refractivity contribution in [3.8, 4) is 0 Å². The van der Waals surface area contributed by atoms with Crippen molar-refractivity contribution >= 4 is 5.91 Å². The van der Waals surface area contributed by atoms with Gasteiger partial charge in [-0.3, -0.25) is 4.79 Å². The predicted octanol–water partition coefficient (Wildman–Crippen LogP) is 0.625. The molecule has 0 saturated heterocycles. The third-order valence-electron chi connectivity index (χ3n) is 2.68. The van der Waals surface area contributed by atoms with Gasteiger partial charge < -0.3 is 20.1 Å². The van der Waals surface area contributed by atoms with Crippen LogP contribution in [0.25, 0.3) is 0 Å². The molecule has 0 radical (unpaired) electrons. The summed E-state index contributed by atoms with van der Waals surface area (Å²) in [4.78, 5) is 14.0. The average molecular weight is 246 g/mol. The van der Waals surface area contributed by atoms with Crippen LogP contribution in [0.15, 0.2) is 0 Å². The van der Waals surface area contributed by atoms with Gasteiger partial charge in [0.1, 0.15) is 0 Å². The summed E-state index contributed by atoms with van der Waals surface area (Å²) in [6, 6.07) is 0. The van der Waals surface area contributed by atoms with Crippen LogP contribution in [0.1, 0.15) is 26.7 Å². The fourth-order valence-corrected chi connectivity index (χ4v) is 1.71. The Morgan fingerprint density at radius 3 is 2.06 bits per heavy atom. The van der Waals surface area contributed by atoms with Crippen LogP contribution in [-0.4, -0.2) is 56.9 Å². The molecule has 0 aromatic heterocycles. The molecule has 1 amide bonds. The number of carbonyl (C=O) groups excluding carboxylic acids is 1. The number of nitrogens with two attached hydrogens (primary N) is 1. The standard InChI is InChI=1S/C12H26N2O3/c1-5-6-12(2,13)11(15)14(7-9-16-3)8-10-17-4/h5-10,13H2,1-4H3. The molecule has 1 unspecified atom stereocenters. The minimum absolute atomic E-state index is 0.0338. The van der Waals surface area contributed by atoms with Gasteiger partial charge in [0.05, 0.1) is 18.8 Å². The van der Waals surface area contributed by atoms with Crippen LogP contribution in [0.2, 0.25) is 0 Å².